The Bertz CT molecular complexity index is 1180. The number of thiazole rings is 1. The molecule has 3 heterocycles. The Morgan fingerprint density at radius 3 is 2.60 bits per heavy atom. The highest BCUT2D eigenvalue weighted by atomic mass is 32.1. The predicted molar refractivity (Wildman–Crippen MR) is 136 cm³/mol. The summed E-state index contributed by atoms with van der Waals surface area (Å²) < 4.78 is 5.69. The van der Waals surface area contributed by atoms with Crippen molar-refractivity contribution in [3.8, 4) is 5.75 Å². The number of piperidine rings is 1. The second kappa shape index (κ2) is 11.5. The van der Waals surface area contributed by atoms with Crippen molar-refractivity contribution in [2.24, 2.45) is 0 Å². The zero-order valence-corrected chi connectivity index (χ0v) is 21.3. The van der Waals surface area contributed by atoms with Crippen molar-refractivity contribution < 1.29 is 19.1 Å². The minimum absolute atomic E-state index is 0.0207. The van der Waals surface area contributed by atoms with Crippen LogP contribution >= 0.6 is 22.7 Å². The number of likely N-dealkylation sites (tertiary alicyclic amines) is 1. The lowest BCUT2D eigenvalue weighted by molar-refractivity contribution is -0.134. The minimum atomic E-state index is -0.442. The van der Waals surface area contributed by atoms with Gasteiger partial charge in [-0.2, -0.15) is 11.3 Å². The van der Waals surface area contributed by atoms with E-state index < -0.39 is 5.91 Å². The second-order valence-electron chi connectivity index (χ2n) is 8.57. The maximum absolute atomic E-state index is 12.6. The fourth-order valence-electron chi connectivity index (χ4n) is 3.81. The fourth-order valence-corrected chi connectivity index (χ4v) is 5.45. The first-order valence-electron chi connectivity index (χ1n) is 11.4. The molecule has 1 aromatic carbocycles. The van der Waals surface area contributed by atoms with E-state index in [2.05, 4.69) is 15.8 Å². The van der Waals surface area contributed by atoms with Crippen LogP contribution < -0.4 is 15.6 Å². The molecule has 0 aliphatic carbocycles. The highest BCUT2D eigenvalue weighted by molar-refractivity contribution is 7.10. The predicted octanol–water partition coefficient (Wildman–Crippen LogP) is 3.61. The first-order chi connectivity index (χ1) is 16.9. The van der Waals surface area contributed by atoms with E-state index in [1.807, 2.05) is 53.8 Å². The first-order valence-corrected chi connectivity index (χ1v) is 13.2. The van der Waals surface area contributed by atoms with Gasteiger partial charge in [0.2, 0.25) is 5.91 Å². The third-order valence-electron chi connectivity index (χ3n) is 6.05. The molecular weight excluding hydrogens is 484 g/mol. The van der Waals surface area contributed by atoms with Crippen molar-refractivity contribution in [3.05, 3.63) is 67.8 Å². The highest BCUT2D eigenvalue weighted by Crippen LogP contribution is 2.30. The molecule has 3 amide bonds. The van der Waals surface area contributed by atoms with Gasteiger partial charge in [0.15, 0.2) is 6.61 Å². The number of carbonyl (C=O) groups excluding carboxylic acids is 3. The molecule has 2 N–H and O–H groups in total. The summed E-state index contributed by atoms with van der Waals surface area (Å²) in [5.41, 5.74) is 8.36. The summed E-state index contributed by atoms with van der Waals surface area (Å²) in [6.45, 7) is 5.33. The van der Waals surface area contributed by atoms with Gasteiger partial charge in [0.05, 0.1) is 11.4 Å². The lowest BCUT2D eigenvalue weighted by Gasteiger charge is -2.31. The summed E-state index contributed by atoms with van der Waals surface area (Å²) in [5.74, 6) is 0.138. The van der Waals surface area contributed by atoms with Crippen molar-refractivity contribution >= 4 is 40.4 Å². The number of aryl methyl sites for hydroxylation is 2. The Morgan fingerprint density at radius 1 is 1.09 bits per heavy atom. The topological polar surface area (TPSA) is 101 Å². The van der Waals surface area contributed by atoms with E-state index in [9.17, 15) is 14.4 Å². The van der Waals surface area contributed by atoms with Gasteiger partial charge in [-0.15, -0.1) is 11.3 Å². The molecule has 8 nitrogen and oxygen atoms in total. The molecule has 184 valence electrons. The molecule has 1 saturated heterocycles. The van der Waals surface area contributed by atoms with Crippen LogP contribution in [0.15, 0.2) is 40.4 Å². The van der Waals surface area contributed by atoms with Gasteiger partial charge in [-0.1, -0.05) is 6.07 Å². The number of benzene rings is 1. The van der Waals surface area contributed by atoms with Crippen molar-refractivity contribution in [1.82, 2.24) is 20.7 Å². The summed E-state index contributed by atoms with van der Waals surface area (Å²) >= 11 is 2.95. The number of amides is 3. The van der Waals surface area contributed by atoms with Crippen molar-refractivity contribution in [1.29, 1.82) is 0 Å². The number of carbonyl (C=O) groups is 3. The number of thiophene rings is 1. The lowest BCUT2D eigenvalue weighted by Crippen LogP contribution is -2.42. The number of nitrogens with zero attached hydrogens (tertiary/aromatic N) is 2. The molecule has 1 aliphatic heterocycles. The van der Waals surface area contributed by atoms with Gasteiger partial charge in [0.1, 0.15) is 11.4 Å². The van der Waals surface area contributed by atoms with Gasteiger partial charge < -0.3 is 9.64 Å². The van der Waals surface area contributed by atoms with Crippen LogP contribution in [0.1, 0.15) is 50.9 Å². The summed E-state index contributed by atoms with van der Waals surface area (Å²) in [5, 5.41) is 6.37. The molecule has 10 heteroatoms. The van der Waals surface area contributed by atoms with Gasteiger partial charge in [0, 0.05) is 24.4 Å². The van der Waals surface area contributed by atoms with E-state index in [1.165, 1.54) is 28.2 Å². The van der Waals surface area contributed by atoms with E-state index >= 15 is 0 Å². The van der Waals surface area contributed by atoms with Crippen LogP contribution in [0, 0.1) is 13.8 Å². The fraction of sp³-hybridized carbons (Fsp3) is 0.360. The van der Waals surface area contributed by atoms with Crippen molar-refractivity contribution in [2.75, 3.05) is 19.7 Å². The summed E-state index contributed by atoms with van der Waals surface area (Å²) in [6.07, 6.45) is 1.77. The molecule has 0 radical (unpaired) electrons. The molecule has 2 aromatic heterocycles. The summed E-state index contributed by atoms with van der Waals surface area (Å²) in [4.78, 5) is 43.2. The van der Waals surface area contributed by atoms with Crippen LogP contribution in [0.5, 0.6) is 5.75 Å². The Labute approximate surface area is 212 Å². The molecule has 0 unspecified atom stereocenters. The van der Waals surface area contributed by atoms with E-state index in [0.717, 1.165) is 29.0 Å². The monoisotopic (exact) mass is 512 g/mol. The van der Waals surface area contributed by atoms with Gasteiger partial charge in [-0.25, -0.2) is 4.98 Å². The number of hydrogen-bond acceptors (Lipinski definition) is 7. The average Bonchev–Trinajstić information content (AvgIpc) is 3.56. The van der Waals surface area contributed by atoms with Crippen LogP contribution in [0.4, 0.5) is 0 Å². The van der Waals surface area contributed by atoms with Gasteiger partial charge in [0.25, 0.3) is 11.8 Å². The van der Waals surface area contributed by atoms with Gasteiger partial charge in [-0.3, -0.25) is 25.2 Å². The molecule has 4 rings (SSSR count). The van der Waals surface area contributed by atoms with E-state index in [0.29, 0.717) is 18.8 Å². The third-order valence-corrected chi connectivity index (χ3v) is 7.79. The standard InChI is InChI=1S/C25H28N4O4S2/c1-16-3-4-20(11-17(16)2)33-13-23(31)29-8-5-19(6-9-29)25-26-21(15-35-25)24(32)28-27-22(30)12-18-7-10-34-14-18/h3-4,7,10-11,14-15,19H,5-6,8-9,12-13H2,1-2H3,(H,27,30)(H,28,32). The number of aromatic nitrogens is 1. The molecule has 0 spiro atoms. The quantitative estimate of drug-likeness (QED) is 0.471. The molecule has 0 atom stereocenters. The third kappa shape index (κ3) is 6.67. The Hall–Kier alpha value is -3.24. The van der Waals surface area contributed by atoms with Gasteiger partial charge >= 0.3 is 0 Å². The number of rotatable bonds is 7. The highest BCUT2D eigenvalue weighted by Gasteiger charge is 2.26. The summed E-state index contributed by atoms with van der Waals surface area (Å²) in [6, 6.07) is 7.69. The normalized spacial score (nSPS) is 13.9. The van der Waals surface area contributed by atoms with E-state index in [1.54, 1.807) is 5.38 Å². The molecule has 35 heavy (non-hydrogen) atoms. The lowest BCUT2D eigenvalue weighted by atomic mass is 9.97. The van der Waals surface area contributed by atoms with Crippen molar-refractivity contribution in [2.45, 2.75) is 39.0 Å². The smallest absolute Gasteiger partial charge is 0.289 e. The maximum atomic E-state index is 12.6. The minimum Gasteiger partial charge on any atom is -0.484 e. The van der Waals surface area contributed by atoms with Gasteiger partial charge in [-0.05, 0) is 72.3 Å². The molecule has 0 bridgehead atoms. The molecule has 1 aliphatic rings. The number of hydrogen-bond donors (Lipinski definition) is 2. The Morgan fingerprint density at radius 2 is 1.89 bits per heavy atom. The number of hydrazine groups is 1. The molecule has 3 aromatic rings. The first kappa shape index (κ1) is 24.9. The molecule has 0 saturated carbocycles. The molecule has 1 fully saturated rings. The number of ether oxygens (including phenoxy) is 1. The molecular formula is C25H28N4O4S2. The van der Waals surface area contributed by atoms with Crippen molar-refractivity contribution in [3.63, 3.8) is 0 Å². The van der Waals surface area contributed by atoms with Crippen LogP contribution in [-0.2, 0) is 16.0 Å². The largest absolute Gasteiger partial charge is 0.484 e. The maximum Gasteiger partial charge on any atom is 0.289 e. The van der Waals surface area contributed by atoms with Crippen LogP contribution in [0.2, 0.25) is 0 Å². The number of nitrogens with one attached hydrogen (secondary N) is 2. The van der Waals surface area contributed by atoms with Crippen LogP contribution in [0.25, 0.3) is 0 Å². The average molecular weight is 513 g/mol. The van der Waals surface area contributed by atoms with Crippen LogP contribution in [-0.4, -0.2) is 47.3 Å². The Kier molecular flexibility index (Phi) is 8.14. The van der Waals surface area contributed by atoms with Crippen LogP contribution in [0.3, 0.4) is 0 Å². The zero-order chi connectivity index (χ0) is 24.8. The second-order valence-corrected chi connectivity index (χ2v) is 10.2. The SMILES string of the molecule is Cc1ccc(OCC(=O)N2CCC(c3nc(C(=O)NNC(=O)Cc4ccsc4)cs3)CC2)cc1C. The van der Waals surface area contributed by atoms with E-state index in [4.69, 9.17) is 4.74 Å². The zero-order valence-electron chi connectivity index (χ0n) is 19.7. The van der Waals surface area contributed by atoms with E-state index in [-0.39, 0.29) is 36.5 Å². The summed E-state index contributed by atoms with van der Waals surface area (Å²) in [7, 11) is 0. The Balaban J connectivity index is 1.21.